The molecule has 1 aromatic heterocycles. The third-order valence-electron chi connectivity index (χ3n) is 1.13. The van der Waals surface area contributed by atoms with E-state index in [0.717, 1.165) is 18.5 Å². The Hall–Kier alpha value is -0.590. The Bertz CT molecular complexity index is 253. The van der Waals surface area contributed by atoms with Crippen molar-refractivity contribution in [3.05, 3.63) is 18.5 Å². The number of nitrogens with zero attached hydrogens (tertiary/aromatic N) is 2. The quantitative estimate of drug-likeness (QED) is 0.579. The van der Waals surface area contributed by atoms with Gasteiger partial charge in [-0.05, 0) is 22.0 Å². The molecule has 0 amide bonds. The van der Waals surface area contributed by atoms with Gasteiger partial charge in [0.05, 0.1) is 0 Å². The molecular weight excluding hydrogens is 244 g/mol. The minimum Gasteiger partial charge on any atom is -0.203 e. The molecule has 0 saturated carbocycles. The summed E-state index contributed by atoms with van der Waals surface area (Å²) in [6, 6.07) is -3.22. The molecule has 2 nitrogen and oxygen atoms in total. The standard InChI is InChI=1S/C5H3BrF4N2/c6-4(7,8)5(9,10)12-3-1-2-11-12/h1-3H. The van der Waals surface area contributed by atoms with Crippen LogP contribution in [0.3, 0.4) is 0 Å². The summed E-state index contributed by atoms with van der Waals surface area (Å²) in [4.78, 5) is -4.30. The Morgan fingerprint density at radius 2 is 1.83 bits per heavy atom. The van der Waals surface area contributed by atoms with E-state index in [9.17, 15) is 17.6 Å². The van der Waals surface area contributed by atoms with E-state index in [2.05, 4.69) is 5.10 Å². The molecule has 0 bridgehead atoms. The van der Waals surface area contributed by atoms with Crippen LogP contribution in [0.5, 0.6) is 0 Å². The molecule has 12 heavy (non-hydrogen) atoms. The van der Waals surface area contributed by atoms with Crippen molar-refractivity contribution in [1.29, 1.82) is 0 Å². The van der Waals surface area contributed by atoms with E-state index >= 15 is 0 Å². The topological polar surface area (TPSA) is 17.8 Å². The molecule has 0 unspecified atom stereocenters. The van der Waals surface area contributed by atoms with E-state index in [1.165, 1.54) is 0 Å². The van der Waals surface area contributed by atoms with Crippen molar-refractivity contribution >= 4 is 15.9 Å². The Morgan fingerprint density at radius 1 is 1.25 bits per heavy atom. The number of hydrogen-bond acceptors (Lipinski definition) is 1. The van der Waals surface area contributed by atoms with Gasteiger partial charge in [0.2, 0.25) is 0 Å². The van der Waals surface area contributed by atoms with Crippen molar-refractivity contribution in [3.63, 3.8) is 0 Å². The van der Waals surface area contributed by atoms with Crippen LogP contribution < -0.4 is 0 Å². The molecule has 68 valence electrons. The fourth-order valence-corrected chi connectivity index (χ4v) is 0.747. The van der Waals surface area contributed by atoms with Crippen LogP contribution in [-0.4, -0.2) is 14.6 Å². The average molecular weight is 247 g/mol. The lowest BCUT2D eigenvalue weighted by molar-refractivity contribution is -0.212. The van der Waals surface area contributed by atoms with Crippen LogP contribution in [0.25, 0.3) is 0 Å². The second-order valence-electron chi connectivity index (χ2n) is 1.99. The van der Waals surface area contributed by atoms with Crippen LogP contribution in [0.4, 0.5) is 17.6 Å². The second-order valence-corrected chi connectivity index (χ2v) is 2.99. The summed E-state index contributed by atoms with van der Waals surface area (Å²) < 4.78 is 49.4. The lowest BCUT2D eigenvalue weighted by Crippen LogP contribution is -2.38. The molecule has 1 aromatic rings. The number of aromatic nitrogens is 2. The van der Waals surface area contributed by atoms with Crippen LogP contribution >= 0.6 is 15.9 Å². The SMILES string of the molecule is FC(F)(Br)C(F)(F)n1cccn1. The van der Waals surface area contributed by atoms with Crippen LogP contribution in [0, 0.1) is 0 Å². The van der Waals surface area contributed by atoms with Gasteiger partial charge in [-0.3, -0.25) is 0 Å². The summed E-state index contributed by atoms with van der Waals surface area (Å²) >= 11 is 1.58. The van der Waals surface area contributed by atoms with E-state index < -0.39 is 10.9 Å². The number of rotatable bonds is 2. The number of halogens is 5. The molecule has 0 aliphatic carbocycles. The lowest BCUT2D eigenvalue weighted by atomic mass is 10.6. The van der Waals surface area contributed by atoms with Crippen LogP contribution in [0.2, 0.25) is 0 Å². The molecule has 0 aliphatic heterocycles. The van der Waals surface area contributed by atoms with Gasteiger partial charge in [0.1, 0.15) is 0 Å². The third-order valence-corrected chi connectivity index (χ3v) is 1.61. The smallest absolute Gasteiger partial charge is 0.203 e. The summed E-state index contributed by atoms with van der Waals surface area (Å²) in [5, 5.41) is 3.01. The Balaban J connectivity index is 3.02. The fourth-order valence-electron chi connectivity index (χ4n) is 0.565. The Kier molecular flexibility index (Phi) is 2.15. The molecular formula is C5H3BrF4N2. The lowest BCUT2D eigenvalue weighted by Gasteiger charge is -2.20. The highest BCUT2D eigenvalue weighted by atomic mass is 79.9. The first-order valence-electron chi connectivity index (χ1n) is 2.80. The van der Waals surface area contributed by atoms with Gasteiger partial charge in [-0.25, -0.2) is 4.68 Å². The summed E-state index contributed by atoms with van der Waals surface area (Å²) in [5.74, 6) is 0. The normalized spacial score (nSPS) is 13.4. The highest BCUT2D eigenvalue weighted by Crippen LogP contribution is 2.42. The van der Waals surface area contributed by atoms with Crippen molar-refractivity contribution in [2.24, 2.45) is 0 Å². The predicted molar refractivity (Wildman–Crippen MR) is 36.3 cm³/mol. The molecule has 7 heteroatoms. The molecule has 0 fully saturated rings. The largest absolute Gasteiger partial charge is 0.416 e. The van der Waals surface area contributed by atoms with Crippen molar-refractivity contribution in [1.82, 2.24) is 9.78 Å². The molecule has 0 atom stereocenters. The predicted octanol–water partition coefficient (Wildman–Crippen LogP) is 2.42. The first-order valence-corrected chi connectivity index (χ1v) is 3.59. The highest BCUT2D eigenvalue weighted by molar-refractivity contribution is 9.10. The Morgan fingerprint density at radius 3 is 2.17 bits per heavy atom. The van der Waals surface area contributed by atoms with E-state index in [0.29, 0.717) is 0 Å². The molecule has 0 radical (unpaired) electrons. The van der Waals surface area contributed by atoms with Crippen molar-refractivity contribution < 1.29 is 17.6 Å². The van der Waals surface area contributed by atoms with Crippen LogP contribution in [0.1, 0.15) is 0 Å². The van der Waals surface area contributed by atoms with Gasteiger partial charge in [-0.15, -0.1) is 0 Å². The third kappa shape index (κ3) is 1.45. The van der Waals surface area contributed by atoms with Crippen molar-refractivity contribution in [2.75, 3.05) is 0 Å². The number of hydrogen-bond donors (Lipinski definition) is 0. The first-order chi connectivity index (χ1) is 5.36. The molecule has 0 aliphatic rings. The maximum absolute atomic E-state index is 12.6. The van der Waals surface area contributed by atoms with E-state index in [4.69, 9.17) is 0 Å². The second kappa shape index (κ2) is 2.72. The number of alkyl halides is 5. The summed E-state index contributed by atoms with van der Waals surface area (Å²) in [6.07, 6.45) is 1.75. The summed E-state index contributed by atoms with van der Waals surface area (Å²) in [5.41, 5.74) is 0. The highest BCUT2D eigenvalue weighted by Gasteiger charge is 2.56. The van der Waals surface area contributed by atoms with Crippen molar-refractivity contribution in [2.45, 2.75) is 10.9 Å². The van der Waals surface area contributed by atoms with Gasteiger partial charge in [-0.1, -0.05) is 0 Å². The van der Waals surface area contributed by atoms with Gasteiger partial charge in [0, 0.05) is 12.4 Å². The molecule has 0 N–H and O–H groups in total. The fraction of sp³-hybridized carbons (Fsp3) is 0.400. The minimum atomic E-state index is -4.35. The molecule has 1 heterocycles. The van der Waals surface area contributed by atoms with Gasteiger partial charge in [0.15, 0.2) is 0 Å². The van der Waals surface area contributed by atoms with Crippen LogP contribution in [0.15, 0.2) is 18.5 Å². The van der Waals surface area contributed by atoms with Gasteiger partial charge >= 0.3 is 10.9 Å². The average Bonchev–Trinajstić information content (AvgIpc) is 2.34. The zero-order valence-corrected chi connectivity index (χ0v) is 7.10. The maximum Gasteiger partial charge on any atom is 0.416 e. The summed E-state index contributed by atoms with van der Waals surface area (Å²) in [6.45, 7) is 0. The zero-order valence-electron chi connectivity index (χ0n) is 5.52. The molecule has 0 saturated heterocycles. The van der Waals surface area contributed by atoms with Crippen molar-refractivity contribution in [3.8, 4) is 0 Å². The molecule has 1 rings (SSSR count). The monoisotopic (exact) mass is 246 g/mol. The Labute approximate surface area is 73.3 Å². The first kappa shape index (κ1) is 9.50. The minimum absolute atomic E-state index is 0.109. The molecule has 0 spiro atoms. The maximum atomic E-state index is 12.6. The van der Waals surface area contributed by atoms with Gasteiger partial charge < -0.3 is 0 Å². The van der Waals surface area contributed by atoms with E-state index in [-0.39, 0.29) is 4.68 Å². The van der Waals surface area contributed by atoms with Crippen LogP contribution in [-0.2, 0) is 6.05 Å². The van der Waals surface area contributed by atoms with Gasteiger partial charge in [-0.2, -0.15) is 22.7 Å². The van der Waals surface area contributed by atoms with Gasteiger partial charge in [0.25, 0.3) is 0 Å². The molecule has 0 aromatic carbocycles. The zero-order chi connectivity index (χ0) is 9.41. The van der Waals surface area contributed by atoms with E-state index in [1.807, 2.05) is 0 Å². The van der Waals surface area contributed by atoms with E-state index in [1.54, 1.807) is 15.9 Å². The summed E-state index contributed by atoms with van der Waals surface area (Å²) in [7, 11) is 0.